The molecule has 1 aliphatic heterocycles. The fourth-order valence-electron chi connectivity index (χ4n) is 4.82. The first-order valence-corrected chi connectivity index (χ1v) is 13.2. The van der Waals surface area contributed by atoms with Gasteiger partial charge in [-0.3, -0.25) is 14.5 Å². The lowest BCUT2D eigenvalue weighted by molar-refractivity contribution is -0.132. The van der Waals surface area contributed by atoms with E-state index in [4.69, 9.17) is 9.47 Å². The van der Waals surface area contributed by atoms with E-state index >= 15 is 0 Å². The van der Waals surface area contributed by atoms with Gasteiger partial charge in [-0.05, 0) is 66.3 Å². The summed E-state index contributed by atoms with van der Waals surface area (Å²) in [5, 5.41) is 11.6. The number of anilines is 1. The van der Waals surface area contributed by atoms with Crippen LogP contribution >= 0.6 is 0 Å². The summed E-state index contributed by atoms with van der Waals surface area (Å²) in [5.74, 6) is 0.113. The third-order valence-corrected chi connectivity index (χ3v) is 6.78. The van der Waals surface area contributed by atoms with E-state index in [-0.39, 0.29) is 16.7 Å². The number of methoxy groups -OCH3 is 1. The molecule has 3 aromatic rings. The molecule has 1 N–H and O–H groups in total. The number of nitrogens with zero attached hydrogens (tertiary/aromatic N) is 1. The minimum atomic E-state index is -0.799. The number of carbonyl (C=O) groups excluding carboxylic acids is 2. The highest BCUT2D eigenvalue weighted by atomic mass is 16.5. The first kappa shape index (κ1) is 28.0. The molecule has 1 saturated heterocycles. The molecule has 39 heavy (non-hydrogen) atoms. The maximum absolute atomic E-state index is 13.6. The number of benzene rings is 3. The molecule has 3 aromatic carbocycles. The fourth-order valence-corrected chi connectivity index (χ4v) is 4.82. The van der Waals surface area contributed by atoms with Crippen molar-refractivity contribution < 1.29 is 24.2 Å². The molecule has 0 radical (unpaired) electrons. The number of aliphatic hydroxyl groups excluding tert-OH is 1. The number of carbonyl (C=O) groups is 2. The fraction of sp³-hybridized carbons (Fsp3) is 0.333. The molecule has 0 aromatic heterocycles. The number of aliphatic hydroxyl groups is 1. The summed E-state index contributed by atoms with van der Waals surface area (Å²) in [6.45, 7) is 12.8. The predicted octanol–water partition coefficient (Wildman–Crippen LogP) is 6.96. The van der Waals surface area contributed by atoms with E-state index in [1.54, 1.807) is 43.5 Å². The predicted molar refractivity (Wildman–Crippen MR) is 154 cm³/mol. The van der Waals surface area contributed by atoms with Crippen molar-refractivity contribution in [3.05, 3.63) is 94.6 Å². The molecule has 4 rings (SSSR count). The second-order valence-electron chi connectivity index (χ2n) is 11.4. The van der Waals surface area contributed by atoms with E-state index in [0.29, 0.717) is 35.3 Å². The van der Waals surface area contributed by atoms with Crippen molar-refractivity contribution in [3.8, 4) is 11.5 Å². The van der Waals surface area contributed by atoms with Crippen LogP contribution in [0.15, 0.2) is 72.3 Å². The molecule has 0 aliphatic carbocycles. The maximum atomic E-state index is 13.6. The Hall–Kier alpha value is -4.06. The summed E-state index contributed by atoms with van der Waals surface area (Å²) in [4.78, 5) is 28.6. The van der Waals surface area contributed by atoms with Gasteiger partial charge in [0.05, 0.1) is 25.3 Å². The summed E-state index contributed by atoms with van der Waals surface area (Å²) < 4.78 is 11.4. The zero-order chi connectivity index (χ0) is 28.5. The Morgan fingerprint density at radius 3 is 2.28 bits per heavy atom. The largest absolute Gasteiger partial charge is 0.507 e. The monoisotopic (exact) mass is 527 g/mol. The van der Waals surface area contributed by atoms with Crippen LogP contribution in [0.3, 0.4) is 0 Å². The molecule has 1 unspecified atom stereocenters. The average Bonchev–Trinajstić information content (AvgIpc) is 3.16. The zero-order valence-corrected chi connectivity index (χ0v) is 23.7. The Labute approximate surface area is 230 Å². The number of amides is 1. The van der Waals surface area contributed by atoms with Crippen molar-refractivity contribution in [3.63, 3.8) is 0 Å². The Morgan fingerprint density at radius 2 is 1.69 bits per heavy atom. The van der Waals surface area contributed by atoms with E-state index in [1.165, 1.54) is 4.90 Å². The van der Waals surface area contributed by atoms with Crippen LogP contribution in [0.4, 0.5) is 5.69 Å². The van der Waals surface area contributed by atoms with Gasteiger partial charge in [-0.25, -0.2) is 0 Å². The third-order valence-electron chi connectivity index (χ3n) is 6.78. The van der Waals surface area contributed by atoms with Gasteiger partial charge in [-0.2, -0.15) is 0 Å². The first-order chi connectivity index (χ1) is 18.4. The van der Waals surface area contributed by atoms with Crippen molar-refractivity contribution in [2.24, 2.45) is 5.92 Å². The molecule has 1 aliphatic rings. The normalized spacial score (nSPS) is 17.1. The van der Waals surface area contributed by atoms with E-state index in [0.717, 1.165) is 16.7 Å². The minimum Gasteiger partial charge on any atom is -0.507 e. The summed E-state index contributed by atoms with van der Waals surface area (Å²) >= 11 is 0. The Bertz CT molecular complexity index is 1410. The SMILES string of the molecule is COc1ccc(/C(O)=C2/C(=O)C(=O)N(c3ccc(OCC(C)C)cc3)C2c2cccc(C)c2)cc1C(C)(C)C. The van der Waals surface area contributed by atoms with Crippen LogP contribution < -0.4 is 14.4 Å². The Morgan fingerprint density at radius 1 is 1.00 bits per heavy atom. The lowest BCUT2D eigenvalue weighted by Crippen LogP contribution is -2.29. The minimum absolute atomic E-state index is 0.0516. The van der Waals surface area contributed by atoms with E-state index in [9.17, 15) is 14.7 Å². The molecule has 0 spiro atoms. The van der Waals surface area contributed by atoms with Crippen LogP contribution in [-0.4, -0.2) is 30.5 Å². The van der Waals surface area contributed by atoms with Gasteiger partial charge >= 0.3 is 0 Å². The first-order valence-electron chi connectivity index (χ1n) is 13.2. The van der Waals surface area contributed by atoms with Gasteiger partial charge in [0, 0.05) is 16.8 Å². The Balaban J connectivity index is 1.87. The summed E-state index contributed by atoms with van der Waals surface area (Å²) in [5.41, 5.74) is 3.38. The average molecular weight is 528 g/mol. The lowest BCUT2D eigenvalue weighted by atomic mass is 9.84. The van der Waals surface area contributed by atoms with Crippen LogP contribution in [0.5, 0.6) is 11.5 Å². The molecule has 204 valence electrons. The molecule has 0 saturated carbocycles. The van der Waals surface area contributed by atoms with Gasteiger partial charge in [-0.1, -0.05) is 64.4 Å². The quantitative estimate of drug-likeness (QED) is 0.204. The summed E-state index contributed by atoms with van der Waals surface area (Å²) in [6.07, 6.45) is 0. The number of rotatable bonds is 7. The van der Waals surface area contributed by atoms with Gasteiger partial charge < -0.3 is 14.6 Å². The van der Waals surface area contributed by atoms with Crippen molar-refractivity contribution in [2.45, 2.75) is 53.0 Å². The molecule has 1 heterocycles. The zero-order valence-electron chi connectivity index (χ0n) is 23.7. The Kier molecular flexibility index (Phi) is 7.86. The molecule has 1 amide bonds. The van der Waals surface area contributed by atoms with Crippen molar-refractivity contribution in [2.75, 3.05) is 18.6 Å². The molecule has 1 fully saturated rings. The number of ether oxygens (including phenoxy) is 2. The standard InChI is InChI=1S/C33H37NO5/c1-20(2)19-39-25-14-12-24(13-15-25)34-29(22-10-8-9-21(3)17-22)28(31(36)32(34)37)30(35)23-11-16-27(38-7)26(18-23)33(4,5)6/h8-18,20,29,35H,19H2,1-7H3/b30-28-. The summed E-state index contributed by atoms with van der Waals surface area (Å²) in [7, 11) is 1.60. The van der Waals surface area contributed by atoms with Gasteiger partial charge in [0.25, 0.3) is 11.7 Å². The van der Waals surface area contributed by atoms with Crippen LogP contribution in [0.1, 0.15) is 62.9 Å². The highest BCUT2D eigenvalue weighted by molar-refractivity contribution is 6.51. The highest BCUT2D eigenvalue weighted by Crippen LogP contribution is 2.43. The number of ketones is 1. The highest BCUT2D eigenvalue weighted by Gasteiger charge is 2.47. The number of aryl methyl sites for hydroxylation is 1. The molecular weight excluding hydrogens is 490 g/mol. The van der Waals surface area contributed by atoms with Crippen molar-refractivity contribution in [1.29, 1.82) is 0 Å². The smallest absolute Gasteiger partial charge is 0.300 e. The van der Waals surface area contributed by atoms with E-state index in [2.05, 4.69) is 34.6 Å². The maximum Gasteiger partial charge on any atom is 0.300 e. The number of hydrogen-bond acceptors (Lipinski definition) is 5. The molecule has 0 bridgehead atoms. The molecule has 6 heteroatoms. The van der Waals surface area contributed by atoms with Gasteiger partial charge in [0.15, 0.2) is 0 Å². The second kappa shape index (κ2) is 11.0. The van der Waals surface area contributed by atoms with Crippen LogP contribution in [0.25, 0.3) is 5.76 Å². The molecule has 6 nitrogen and oxygen atoms in total. The van der Waals surface area contributed by atoms with E-state index < -0.39 is 17.7 Å². The summed E-state index contributed by atoms with van der Waals surface area (Å²) in [6, 6.07) is 19.3. The topological polar surface area (TPSA) is 76.1 Å². The lowest BCUT2D eigenvalue weighted by Gasteiger charge is -2.26. The van der Waals surface area contributed by atoms with Gasteiger partial charge in [0.2, 0.25) is 0 Å². The molecule has 1 atom stereocenters. The second-order valence-corrected chi connectivity index (χ2v) is 11.4. The van der Waals surface area contributed by atoms with Gasteiger partial charge in [0.1, 0.15) is 17.3 Å². The van der Waals surface area contributed by atoms with Crippen molar-refractivity contribution in [1.82, 2.24) is 0 Å². The van der Waals surface area contributed by atoms with Gasteiger partial charge in [-0.15, -0.1) is 0 Å². The van der Waals surface area contributed by atoms with Crippen LogP contribution in [0.2, 0.25) is 0 Å². The number of hydrogen-bond donors (Lipinski definition) is 1. The van der Waals surface area contributed by atoms with Crippen molar-refractivity contribution >= 4 is 23.1 Å². The van der Waals surface area contributed by atoms with Crippen LogP contribution in [-0.2, 0) is 15.0 Å². The number of Topliss-reactive ketones (excluding diaryl/α,β-unsaturated/α-hetero) is 1. The third kappa shape index (κ3) is 5.70. The van der Waals surface area contributed by atoms with E-state index in [1.807, 2.05) is 37.3 Å². The molecular formula is C33H37NO5. The van der Waals surface area contributed by atoms with Crippen LogP contribution in [0, 0.1) is 12.8 Å².